The number of benzene rings is 1. The van der Waals surface area contributed by atoms with E-state index in [0.29, 0.717) is 12.1 Å². The number of aromatic nitrogens is 3. The molecule has 0 atom stereocenters. The molecular formula is C22H24BrN5. The lowest BCUT2D eigenvalue weighted by molar-refractivity contribution is 0.190. The predicted molar refractivity (Wildman–Crippen MR) is 115 cm³/mol. The van der Waals surface area contributed by atoms with E-state index >= 15 is 0 Å². The zero-order valence-electron chi connectivity index (χ0n) is 15.9. The highest BCUT2D eigenvalue weighted by Gasteiger charge is 2.31. The first-order valence-electron chi connectivity index (χ1n) is 10.3. The summed E-state index contributed by atoms with van der Waals surface area (Å²) >= 11 is 3.78. The van der Waals surface area contributed by atoms with E-state index in [0.717, 1.165) is 42.1 Å². The maximum Gasteiger partial charge on any atom is 0.146 e. The molecule has 0 N–H and O–H groups in total. The maximum absolute atomic E-state index is 4.69. The molecule has 1 aliphatic heterocycles. The Labute approximate surface area is 173 Å². The van der Waals surface area contributed by atoms with E-state index in [1.165, 1.54) is 42.2 Å². The average Bonchev–Trinajstić information content (AvgIpc) is 3.39. The van der Waals surface area contributed by atoms with E-state index < -0.39 is 0 Å². The zero-order valence-corrected chi connectivity index (χ0v) is 17.5. The van der Waals surface area contributed by atoms with Crippen molar-refractivity contribution in [2.45, 2.75) is 37.8 Å². The molecule has 0 radical (unpaired) electrons. The Morgan fingerprint density at radius 3 is 2.29 bits per heavy atom. The molecule has 0 amide bonds. The zero-order chi connectivity index (χ0) is 18.7. The van der Waals surface area contributed by atoms with Gasteiger partial charge in [0.1, 0.15) is 17.8 Å². The number of fused-ring (bicyclic) bond motifs is 2. The molecule has 0 unspecified atom stereocenters. The Bertz CT molecular complexity index is 1010. The van der Waals surface area contributed by atoms with E-state index in [1.807, 2.05) is 0 Å². The lowest BCUT2D eigenvalue weighted by Crippen LogP contribution is -2.51. The lowest BCUT2D eigenvalue weighted by Gasteiger charge is -2.38. The van der Waals surface area contributed by atoms with Crippen LogP contribution in [-0.4, -0.2) is 51.7 Å². The molecule has 144 valence electrons. The van der Waals surface area contributed by atoms with Gasteiger partial charge in [0.05, 0.1) is 5.39 Å². The minimum absolute atomic E-state index is 0.623. The Morgan fingerprint density at radius 2 is 1.61 bits per heavy atom. The van der Waals surface area contributed by atoms with Crippen LogP contribution in [0.5, 0.6) is 0 Å². The maximum atomic E-state index is 4.69. The molecule has 28 heavy (non-hydrogen) atoms. The third kappa shape index (κ3) is 2.77. The summed E-state index contributed by atoms with van der Waals surface area (Å²) in [6.07, 6.45) is 8.86. The van der Waals surface area contributed by atoms with E-state index in [2.05, 4.69) is 65.7 Å². The van der Waals surface area contributed by atoms with Crippen molar-refractivity contribution >= 4 is 32.8 Å². The number of hydrogen-bond acceptors (Lipinski definition) is 4. The third-order valence-electron chi connectivity index (χ3n) is 6.64. The topological polar surface area (TPSA) is 37.2 Å². The van der Waals surface area contributed by atoms with Gasteiger partial charge >= 0.3 is 0 Å². The standard InChI is InChI=1S/C22H24BrN5/c23-19-13-28(17-5-6-17)22-20(19)21(24-14-25-22)27-9-7-26(8-10-27)18-11-15-3-1-2-4-16(15)12-18/h1-4,13-14,17-18H,5-12H2. The van der Waals surface area contributed by atoms with Crippen LogP contribution in [0.15, 0.2) is 41.3 Å². The van der Waals surface area contributed by atoms with Gasteiger partial charge in [-0.15, -0.1) is 0 Å². The summed E-state index contributed by atoms with van der Waals surface area (Å²) in [6, 6.07) is 10.2. The lowest BCUT2D eigenvalue weighted by atomic mass is 10.1. The molecule has 5 nitrogen and oxygen atoms in total. The van der Waals surface area contributed by atoms with Crippen LogP contribution in [0.3, 0.4) is 0 Å². The van der Waals surface area contributed by atoms with Crippen molar-refractivity contribution in [1.82, 2.24) is 19.4 Å². The first kappa shape index (κ1) is 17.0. The molecule has 6 rings (SSSR count). The third-order valence-corrected chi connectivity index (χ3v) is 7.24. The molecule has 3 heterocycles. The fourth-order valence-electron chi connectivity index (χ4n) is 4.99. The van der Waals surface area contributed by atoms with Crippen LogP contribution >= 0.6 is 15.9 Å². The molecule has 2 aromatic heterocycles. The highest BCUT2D eigenvalue weighted by atomic mass is 79.9. The van der Waals surface area contributed by atoms with Crippen LogP contribution in [0.25, 0.3) is 11.0 Å². The van der Waals surface area contributed by atoms with Gasteiger partial charge in [-0.1, -0.05) is 24.3 Å². The smallest absolute Gasteiger partial charge is 0.146 e. The van der Waals surface area contributed by atoms with Gasteiger partial charge in [-0.25, -0.2) is 9.97 Å². The number of halogens is 1. The molecule has 0 bridgehead atoms. The van der Waals surface area contributed by atoms with Crippen LogP contribution in [0.1, 0.15) is 30.0 Å². The highest BCUT2D eigenvalue weighted by molar-refractivity contribution is 9.10. The largest absolute Gasteiger partial charge is 0.353 e. The van der Waals surface area contributed by atoms with Crippen molar-refractivity contribution in [3.63, 3.8) is 0 Å². The van der Waals surface area contributed by atoms with Crippen molar-refractivity contribution < 1.29 is 0 Å². The van der Waals surface area contributed by atoms with Crippen LogP contribution in [0.4, 0.5) is 5.82 Å². The van der Waals surface area contributed by atoms with Crippen molar-refractivity contribution in [3.8, 4) is 0 Å². The summed E-state index contributed by atoms with van der Waals surface area (Å²) in [4.78, 5) is 14.4. The van der Waals surface area contributed by atoms with E-state index in [-0.39, 0.29) is 0 Å². The van der Waals surface area contributed by atoms with Gasteiger partial charge in [0.2, 0.25) is 0 Å². The molecule has 0 spiro atoms. The second-order valence-electron chi connectivity index (χ2n) is 8.37. The predicted octanol–water partition coefficient (Wildman–Crippen LogP) is 3.82. The van der Waals surface area contributed by atoms with Gasteiger partial charge < -0.3 is 9.47 Å². The first-order valence-corrected chi connectivity index (χ1v) is 11.1. The Kier molecular flexibility index (Phi) is 3.98. The summed E-state index contributed by atoms with van der Waals surface area (Å²) < 4.78 is 3.45. The summed E-state index contributed by atoms with van der Waals surface area (Å²) in [5, 5.41) is 1.18. The van der Waals surface area contributed by atoms with Gasteiger partial charge in [-0.3, -0.25) is 4.90 Å². The molecule has 1 aromatic carbocycles. The summed E-state index contributed by atoms with van der Waals surface area (Å²) in [5.41, 5.74) is 4.16. The van der Waals surface area contributed by atoms with Crippen LogP contribution in [-0.2, 0) is 12.8 Å². The molecule has 3 aliphatic rings. The van der Waals surface area contributed by atoms with Crippen LogP contribution < -0.4 is 4.90 Å². The summed E-state index contributed by atoms with van der Waals surface area (Å²) in [6.45, 7) is 4.26. The second-order valence-corrected chi connectivity index (χ2v) is 9.22. The number of anilines is 1. The number of rotatable bonds is 3. The minimum atomic E-state index is 0.623. The molecule has 1 saturated heterocycles. The Morgan fingerprint density at radius 1 is 0.893 bits per heavy atom. The number of hydrogen-bond donors (Lipinski definition) is 0. The van der Waals surface area contributed by atoms with Gasteiger partial charge in [-0.2, -0.15) is 0 Å². The van der Waals surface area contributed by atoms with Crippen molar-refractivity contribution in [2.24, 2.45) is 0 Å². The van der Waals surface area contributed by atoms with Gasteiger partial charge in [0, 0.05) is 48.9 Å². The van der Waals surface area contributed by atoms with Crippen LogP contribution in [0, 0.1) is 0 Å². The van der Waals surface area contributed by atoms with Crippen molar-refractivity contribution in [2.75, 3.05) is 31.1 Å². The number of piperazine rings is 1. The quantitative estimate of drug-likeness (QED) is 0.623. The van der Waals surface area contributed by atoms with Crippen LogP contribution in [0.2, 0.25) is 0 Å². The fraction of sp³-hybridized carbons (Fsp3) is 0.455. The van der Waals surface area contributed by atoms with E-state index in [4.69, 9.17) is 4.98 Å². The minimum Gasteiger partial charge on any atom is -0.353 e. The molecule has 2 fully saturated rings. The summed E-state index contributed by atoms with van der Waals surface area (Å²) in [5.74, 6) is 1.09. The van der Waals surface area contributed by atoms with E-state index in [1.54, 1.807) is 6.33 Å². The Hall–Kier alpha value is -1.92. The molecule has 1 saturated carbocycles. The van der Waals surface area contributed by atoms with Crippen molar-refractivity contribution in [3.05, 3.63) is 52.4 Å². The monoisotopic (exact) mass is 437 g/mol. The molecule has 6 heteroatoms. The molecule has 2 aliphatic carbocycles. The Balaban J connectivity index is 1.21. The highest BCUT2D eigenvalue weighted by Crippen LogP contribution is 2.41. The average molecular weight is 438 g/mol. The summed E-state index contributed by atoms with van der Waals surface area (Å²) in [7, 11) is 0. The van der Waals surface area contributed by atoms with Crippen molar-refractivity contribution in [1.29, 1.82) is 0 Å². The first-order chi connectivity index (χ1) is 13.8. The SMILES string of the molecule is Brc1cn(C2CC2)c2ncnc(N3CCN(C4Cc5ccccc5C4)CC3)c12. The van der Waals surface area contributed by atoms with Gasteiger partial charge in [-0.05, 0) is 52.7 Å². The van der Waals surface area contributed by atoms with E-state index in [9.17, 15) is 0 Å². The molecule has 3 aromatic rings. The fourth-order valence-corrected chi connectivity index (χ4v) is 5.56. The normalized spacial score (nSPS) is 20.8. The number of nitrogens with zero attached hydrogens (tertiary/aromatic N) is 5. The van der Waals surface area contributed by atoms with Gasteiger partial charge in [0.25, 0.3) is 0 Å². The van der Waals surface area contributed by atoms with Gasteiger partial charge in [0.15, 0.2) is 0 Å². The molecular weight excluding hydrogens is 414 g/mol. The second kappa shape index (κ2) is 6.56.